The van der Waals surface area contributed by atoms with E-state index in [1.807, 2.05) is 12.1 Å². The second kappa shape index (κ2) is 5.68. The van der Waals surface area contributed by atoms with Crippen LogP contribution in [0.1, 0.15) is 18.6 Å². The fourth-order valence-corrected chi connectivity index (χ4v) is 2.26. The van der Waals surface area contributed by atoms with E-state index in [0.29, 0.717) is 22.2 Å². The Bertz CT molecular complexity index is 790. The van der Waals surface area contributed by atoms with Crippen LogP contribution in [-0.4, -0.2) is 15.1 Å². The highest BCUT2D eigenvalue weighted by atomic mass is 35.5. The Morgan fingerprint density at radius 2 is 2.00 bits per heavy atom. The first kappa shape index (κ1) is 13.8. The minimum atomic E-state index is -0.574. The number of aromatic nitrogens is 2. The number of fused-ring (bicyclic) bond motifs is 1. The molecule has 0 fully saturated rings. The zero-order valence-corrected chi connectivity index (χ0v) is 12.1. The highest BCUT2D eigenvalue weighted by molar-refractivity contribution is 6.35. The van der Waals surface area contributed by atoms with Gasteiger partial charge in [-0.15, -0.1) is 0 Å². The summed E-state index contributed by atoms with van der Waals surface area (Å²) in [6.45, 7) is 1.69. The van der Waals surface area contributed by atoms with E-state index in [9.17, 15) is 5.11 Å². The van der Waals surface area contributed by atoms with Crippen molar-refractivity contribution in [2.75, 3.05) is 0 Å². The number of ether oxygens (including phenoxy) is 1. The molecule has 3 rings (SSSR count). The highest BCUT2D eigenvalue weighted by Gasteiger charge is 2.09. The highest BCUT2D eigenvalue weighted by Crippen LogP contribution is 2.32. The molecule has 0 saturated heterocycles. The molecular formula is C16H13ClN2O2. The number of benzene rings is 1. The van der Waals surface area contributed by atoms with Crippen molar-refractivity contribution < 1.29 is 9.84 Å². The van der Waals surface area contributed by atoms with Crippen LogP contribution in [-0.2, 0) is 0 Å². The van der Waals surface area contributed by atoms with Gasteiger partial charge in [0.15, 0.2) is 5.75 Å². The first-order chi connectivity index (χ1) is 10.1. The van der Waals surface area contributed by atoms with Gasteiger partial charge in [-0.1, -0.05) is 11.6 Å². The second-order valence-corrected chi connectivity index (χ2v) is 5.06. The molecule has 1 N–H and O–H groups in total. The number of halogens is 1. The second-order valence-electron chi connectivity index (χ2n) is 4.65. The number of hydrogen-bond donors (Lipinski definition) is 1. The topological polar surface area (TPSA) is 55.2 Å². The lowest BCUT2D eigenvalue weighted by molar-refractivity contribution is 0.198. The smallest absolute Gasteiger partial charge is 0.219 e. The van der Waals surface area contributed by atoms with Gasteiger partial charge in [-0.05, 0) is 42.8 Å². The molecule has 0 aliphatic heterocycles. The van der Waals surface area contributed by atoms with Crippen molar-refractivity contribution >= 4 is 22.5 Å². The van der Waals surface area contributed by atoms with Gasteiger partial charge < -0.3 is 9.84 Å². The van der Waals surface area contributed by atoms with Gasteiger partial charge in [-0.2, -0.15) is 0 Å². The van der Waals surface area contributed by atoms with Gasteiger partial charge in [-0.25, -0.2) is 4.98 Å². The maximum absolute atomic E-state index is 9.61. The van der Waals surface area contributed by atoms with E-state index in [4.69, 9.17) is 16.3 Å². The third kappa shape index (κ3) is 2.82. The fourth-order valence-electron chi connectivity index (χ4n) is 2.05. The van der Waals surface area contributed by atoms with Crippen molar-refractivity contribution in [2.24, 2.45) is 0 Å². The molecule has 1 unspecified atom stereocenters. The van der Waals surface area contributed by atoms with Crippen LogP contribution < -0.4 is 4.74 Å². The van der Waals surface area contributed by atoms with Gasteiger partial charge >= 0.3 is 0 Å². The Morgan fingerprint density at radius 1 is 1.14 bits per heavy atom. The Labute approximate surface area is 127 Å². The first-order valence-electron chi connectivity index (χ1n) is 6.50. The maximum atomic E-state index is 9.61. The summed E-state index contributed by atoms with van der Waals surface area (Å²) >= 11 is 6.15. The van der Waals surface area contributed by atoms with Gasteiger partial charge in [0.1, 0.15) is 5.52 Å². The van der Waals surface area contributed by atoms with Crippen molar-refractivity contribution in [3.63, 3.8) is 0 Å². The van der Waals surface area contributed by atoms with E-state index < -0.39 is 6.10 Å². The van der Waals surface area contributed by atoms with Gasteiger partial charge in [0, 0.05) is 23.8 Å². The molecule has 21 heavy (non-hydrogen) atoms. The van der Waals surface area contributed by atoms with Crippen LogP contribution in [0.3, 0.4) is 0 Å². The van der Waals surface area contributed by atoms with Crippen molar-refractivity contribution in [3.05, 3.63) is 59.4 Å². The van der Waals surface area contributed by atoms with E-state index in [1.165, 1.54) is 0 Å². The SMILES string of the molecule is CC(O)c1ccnc(Oc2ccc(Cl)c3cccnc23)c1. The van der Waals surface area contributed by atoms with Crippen LogP contribution in [0.15, 0.2) is 48.8 Å². The van der Waals surface area contributed by atoms with Crippen LogP contribution in [0.25, 0.3) is 10.9 Å². The van der Waals surface area contributed by atoms with E-state index >= 15 is 0 Å². The van der Waals surface area contributed by atoms with Gasteiger partial charge in [0.2, 0.25) is 5.88 Å². The number of rotatable bonds is 3. The molecule has 0 saturated carbocycles. The molecular weight excluding hydrogens is 288 g/mol. The lowest BCUT2D eigenvalue weighted by Crippen LogP contribution is -1.95. The van der Waals surface area contributed by atoms with Crippen molar-refractivity contribution in [2.45, 2.75) is 13.0 Å². The fraction of sp³-hybridized carbons (Fsp3) is 0.125. The lowest BCUT2D eigenvalue weighted by atomic mass is 10.2. The summed E-state index contributed by atoms with van der Waals surface area (Å²) in [5.41, 5.74) is 1.42. The van der Waals surface area contributed by atoms with Gasteiger partial charge in [0.05, 0.1) is 11.1 Å². The Hall–Kier alpha value is -2.17. The van der Waals surface area contributed by atoms with E-state index in [-0.39, 0.29) is 0 Å². The number of nitrogens with zero attached hydrogens (tertiary/aromatic N) is 2. The molecule has 2 heterocycles. The molecule has 4 nitrogen and oxygen atoms in total. The molecule has 1 atom stereocenters. The molecule has 0 aliphatic rings. The average molecular weight is 301 g/mol. The number of hydrogen-bond acceptors (Lipinski definition) is 4. The number of pyridine rings is 2. The van der Waals surface area contributed by atoms with E-state index in [2.05, 4.69) is 9.97 Å². The van der Waals surface area contributed by atoms with Crippen LogP contribution in [0, 0.1) is 0 Å². The molecule has 5 heteroatoms. The minimum absolute atomic E-state index is 0.405. The first-order valence-corrected chi connectivity index (χ1v) is 6.88. The van der Waals surface area contributed by atoms with E-state index in [0.717, 1.165) is 10.9 Å². The quantitative estimate of drug-likeness (QED) is 0.790. The molecule has 2 aromatic heterocycles. The zero-order chi connectivity index (χ0) is 14.8. The monoisotopic (exact) mass is 300 g/mol. The largest absolute Gasteiger partial charge is 0.437 e. The predicted octanol–water partition coefficient (Wildman–Crippen LogP) is 4.13. The summed E-state index contributed by atoms with van der Waals surface area (Å²) in [6, 6.07) is 10.7. The molecule has 0 aliphatic carbocycles. The summed E-state index contributed by atoms with van der Waals surface area (Å²) in [4.78, 5) is 8.46. The Kier molecular flexibility index (Phi) is 3.73. The molecule has 0 spiro atoms. The van der Waals surface area contributed by atoms with Crippen molar-refractivity contribution in [3.8, 4) is 11.6 Å². The zero-order valence-electron chi connectivity index (χ0n) is 11.3. The minimum Gasteiger partial charge on any atom is -0.437 e. The molecule has 0 bridgehead atoms. The number of aliphatic hydroxyl groups is 1. The van der Waals surface area contributed by atoms with Crippen molar-refractivity contribution in [1.29, 1.82) is 0 Å². The summed E-state index contributed by atoms with van der Waals surface area (Å²) in [5.74, 6) is 0.980. The molecule has 0 radical (unpaired) electrons. The van der Waals surface area contributed by atoms with E-state index in [1.54, 1.807) is 43.6 Å². The van der Waals surface area contributed by atoms with Crippen LogP contribution >= 0.6 is 11.6 Å². The molecule has 1 aromatic carbocycles. The summed E-state index contributed by atoms with van der Waals surface area (Å²) in [5, 5.41) is 11.1. The molecule has 3 aromatic rings. The summed E-state index contributed by atoms with van der Waals surface area (Å²) in [6.07, 6.45) is 2.71. The number of aliphatic hydroxyl groups excluding tert-OH is 1. The van der Waals surface area contributed by atoms with Crippen LogP contribution in [0.2, 0.25) is 5.02 Å². The summed E-state index contributed by atoms with van der Waals surface area (Å²) in [7, 11) is 0. The normalized spacial score (nSPS) is 12.3. The molecule has 106 valence electrons. The maximum Gasteiger partial charge on any atom is 0.219 e. The lowest BCUT2D eigenvalue weighted by Gasteiger charge is -2.10. The third-order valence-electron chi connectivity index (χ3n) is 3.14. The van der Waals surface area contributed by atoms with Crippen LogP contribution in [0.4, 0.5) is 0 Å². The Morgan fingerprint density at radius 3 is 2.81 bits per heavy atom. The van der Waals surface area contributed by atoms with Crippen molar-refractivity contribution in [1.82, 2.24) is 9.97 Å². The van der Waals surface area contributed by atoms with Gasteiger partial charge in [-0.3, -0.25) is 4.98 Å². The summed E-state index contributed by atoms with van der Waals surface area (Å²) < 4.78 is 5.79. The Balaban J connectivity index is 2.02. The standard InChI is InChI=1S/C16H13ClN2O2/c1-10(20)11-6-8-18-15(9-11)21-14-5-4-13(17)12-3-2-7-19-16(12)14/h2-10,20H,1H3. The molecule has 0 amide bonds. The third-order valence-corrected chi connectivity index (χ3v) is 3.46. The average Bonchev–Trinajstić information content (AvgIpc) is 2.51. The van der Waals surface area contributed by atoms with Gasteiger partial charge in [0.25, 0.3) is 0 Å². The van der Waals surface area contributed by atoms with Crippen LogP contribution in [0.5, 0.6) is 11.6 Å². The predicted molar refractivity (Wildman–Crippen MR) is 81.7 cm³/mol.